The van der Waals surface area contributed by atoms with Crippen molar-refractivity contribution in [2.75, 3.05) is 52.4 Å². The molecule has 0 spiro atoms. The summed E-state index contributed by atoms with van der Waals surface area (Å²) in [5.41, 5.74) is 10.9. The largest absolute Gasteiger partial charge is 0.506 e. The van der Waals surface area contributed by atoms with Gasteiger partial charge in [-0.1, -0.05) is 0 Å². The fraction of sp³-hybridized carbons (Fsp3) is 0.800. The standard InChI is InChI=1S/C10H22N8O4S/c11-9(15-17-5-1-13-2-6-17)21-23(19,20)22-10(12)16-18-7-3-14-4-8-18/h13-14H,1-8H2,(H2,11,15)(H2,12,16). The molecule has 2 rings (SSSR count). The van der Waals surface area contributed by atoms with Gasteiger partial charge in [0.2, 0.25) is 0 Å². The van der Waals surface area contributed by atoms with E-state index in [0.29, 0.717) is 26.2 Å². The number of nitrogens with one attached hydrogen (secondary N) is 2. The van der Waals surface area contributed by atoms with Crippen molar-refractivity contribution >= 4 is 22.4 Å². The normalized spacial score (nSPS) is 21.2. The average molecular weight is 350 g/mol. The lowest BCUT2D eigenvalue weighted by atomic mass is 10.4. The van der Waals surface area contributed by atoms with E-state index in [1.165, 1.54) is 0 Å². The molecule has 0 aromatic heterocycles. The van der Waals surface area contributed by atoms with Crippen molar-refractivity contribution in [3.63, 3.8) is 0 Å². The molecule has 2 fully saturated rings. The highest BCUT2D eigenvalue weighted by Crippen LogP contribution is 2.00. The first-order valence-corrected chi connectivity index (χ1v) is 8.51. The lowest BCUT2D eigenvalue weighted by molar-refractivity contribution is 0.240. The molecule has 0 aromatic carbocycles. The van der Waals surface area contributed by atoms with Crippen LogP contribution in [0.1, 0.15) is 0 Å². The third-order valence-electron chi connectivity index (χ3n) is 3.04. The third-order valence-corrected chi connectivity index (χ3v) is 3.79. The molecule has 0 aromatic rings. The fourth-order valence-electron chi connectivity index (χ4n) is 2.04. The van der Waals surface area contributed by atoms with Crippen molar-refractivity contribution in [2.45, 2.75) is 0 Å². The first-order chi connectivity index (χ1) is 10.9. The molecule has 0 saturated carbocycles. The zero-order chi connectivity index (χ0) is 16.7. The number of hydrogen-bond acceptors (Lipinski definition) is 10. The SMILES string of the molecule is N/C(=N\N1CCNCC1)OS(=O)(=O)O/C(N)=N/N1CCNCC1. The molecule has 0 atom stereocenters. The van der Waals surface area contributed by atoms with E-state index in [9.17, 15) is 8.42 Å². The van der Waals surface area contributed by atoms with Crippen molar-refractivity contribution in [3.05, 3.63) is 0 Å². The fourth-order valence-corrected chi connectivity index (χ4v) is 2.56. The van der Waals surface area contributed by atoms with Gasteiger partial charge in [-0.2, -0.15) is 0 Å². The predicted molar refractivity (Wildman–Crippen MR) is 83.2 cm³/mol. The maximum Gasteiger partial charge on any atom is 0.506 e. The van der Waals surface area contributed by atoms with Crippen LogP contribution in [0.2, 0.25) is 0 Å². The quantitative estimate of drug-likeness (QED) is 0.296. The van der Waals surface area contributed by atoms with Gasteiger partial charge in [-0.05, 0) is 0 Å². The number of piperazine rings is 2. The van der Waals surface area contributed by atoms with Crippen LogP contribution in [0.25, 0.3) is 0 Å². The van der Waals surface area contributed by atoms with Crippen LogP contribution < -0.4 is 22.1 Å². The highest BCUT2D eigenvalue weighted by atomic mass is 32.3. The molecule has 132 valence electrons. The van der Waals surface area contributed by atoms with E-state index in [1.54, 1.807) is 10.0 Å². The van der Waals surface area contributed by atoms with Crippen LogP contribution >= 0.6 is 0 Å². The Kier molecular flexibility index (Phi) is 6.06. The summed E-state index contributed by atoms with van der Waals surface area (Å²) in [7, 11) is -4.48. The van der Waals surface area contributed by atoms with E-state index in [-0.39, 0.29) is 0 Å². The van der Waals surface area contributed by atoms with Gasteiger partial charge in [-0.3, -0.25) is 10.0 Å². The maximum atomic E-state index is 11.7. The van der Waals surface area contributed by atoms with Gasteiger partial charge >= 0.3 is 22.4 Å². The molecule has 0 aliphatic carbocycles. The molecule has 13 heteroatoms. The summed E-state index contributed by atoms with van der Waals surface area (Å²) in [6, 6.07) is -1.08. The van der Waals surface area contributed by atoms with Gasteiger partial charge in [0.1, 0.15) is 0 Å². The molecular formula is C10H22N8O4S. The first-order valence-electron chi connectivity index (χ1n) is 7.18. The van der Waals surface area contributed by atoms with Crippen LogP contribution in [-0.2, 0) is 18.8 Å². The van der Waals surface area contributed by atoms with Gasteiger partial charge < -0.3 is 30.5 Å². The summed E-state index contributed by atoms with van der Waals surface area (Å²) in [4.78, 5) is 0. The van der Waals surface area contributed by atoms with Crippen molar-refractivity contribution < 1.29 is 16.8 Å². The number of hydrogen-bond donors (Lipinski definition) is 4. The average Bonchev–Trinajstić information content (AvgIpc) is 2.47. The Morgan fingerprint density at radius 3 is 1.52 bits per heavy atom. The zero-order valence-corrected chi connectivity index (χ0v) is 13.5. The molecule has 23 heavy (non-hydrogen) atoms. The lowest BCUT2D eigenvalue weighted by Crippen LogP contribution is -2.42. The minimum absolute atomic E-state index is 0.540. The van der Waals surface area contributed by atoms with Crippen molar-refractivity contribution in [2.24, 2.45) is 21.7 Å². The second-order valence-electron chi connectivity index (χ2n) is 4.86. The number of nitrogens with two attached hydrogens (primary N) is 2. The summed E-state index contributed by atoms with van der Waals surface area (Å²) in [6.45, 7) is 5.29. The van der Waals surface area contributed by atoms with E-state index in [1.807, 2.05) is 0 Å². The highest BCUT2D eigenvalue weighted by molar-refractivity contribution is 7.82. The van der Waals surface area contributed by atoms with Crippen LogP contribution in [0.5, 0.6) is 0 Å². The van der Waals surface area contributed by atoms with Crippen molar-refractivity contribution in [1.82, 2.24) is 20.7 Å². The Labute approximate surface area is 134 Å². The monoisotopic (exact) mass is 350 g/mol. The van der Waals surface area contributed by atoms with Gasteiger partial charge in [0.25, 0.3) is 0 Å². The Morgan fingerprint density at radius 1 is 0.826 bits per heavy atom. The highest BCUT2D eigenvalue weighted by Gasteiger charge is 2.20. The molecule has 2 aliphatic heterocycles. The van der Waals surface area contributed by atoms with Crippen LogP contribution in [0.4, 0.5) is 0 Å². The number of hydrazone groups is 2. The molecule has 0 unspecified atom stereocenters. The molecule has 12 nitrogen and oxygen atoms in total. The van der Waals surface area contributed by atoms with Crippen LogP contribution in [0, 0.1) is 0 Å². The molecule has 0 bridgehead atoms. The first kappa shape index (κ1) is 17.4. The minimum atomic E-state index is -4.48. The van der Waals surface area contributed by atoms with Gasteiger partial charge in [0, 0.05) is 52.4 Å². The van der Waals surface area contributed by atoms with Crippen molar-refractivity contribution in [1.29, 1.82) is 0 Å². The summed E-state index contributed by atoms with van der Waals surface area (Å²) < 4.78 is 32.5. The molecule has 2 aliphatic rings. The molecular weight excluding hydrogens is 328 g/mol. The van der Waals surface area contributed by atoms with E-state index < -0.39 is 22.4 Å². The predicted octanol–water partition coefficient (Wildman–Crippen LogP) is -3.47. The molecule has 0 amide bonds. The maximum absolute atomic E-state index is 11.7. The smallest absolute Gasteiger partial charge is 0.351 e. The van der Waals surface area contributed by atoms with E-state index >= 15 is 0 Å². The van der Waals surface area contributed by atoms with Gasteiger partial charge in [-0.15, -0.1) is 18.6 Å². The number of amidine groups is 2. The molecule has 2 heterocycles. The second kappa shape index (κ2) is 8.03. The number of nitrogens with zero attached hydrogens (tertiary/aromatic N) is 4. The number of rotatable bonds is 4. The molecule has 6 N–H and O–H groups in total. The Bertz CT molecular complexity index is 497. The van der Waals surface area contributed by atoms with Gasteiger partial charge in [0.05, 0.1) is 0 Å². The van der Waals surface area contributed by atoms with Gasteiger partial charge in [0.15, 0.2) is 0 Å². The minimum Gasteiger partial charge on any atom is -0.351 e. The summed E-state index contributed by atoms with van der Waals surface area (Å²) in [5.74, 6) is 0. The lowest BCUT2D eigenvalue weighted by Gasteiger charge is -2.24. The van der Waals surface area contributed by atoms with E-state index in [4.69, 9.17) is 11.5 Å². The Morgan fingerprint density at radius 2 is 1.17 bits per heavy atom. The summed E-state index contributed by atoms with van der Waals surface area (Å²) in [5, 5.41) is 17.1. The van der Waals surface area contributed by atoms with Gasteiger partial charge in [-0.25, -0.2) is 0 Å². The van der Waals surface area contributed by atoms with Crippen molar-refractivity contribution in [3.8, 4) is 0 Å². The molecule has 2 saturated heterocycles. The Hall–Kier alpha value is -1.99. The second-order valence-corrected chi connectivity index (χ2v) is 6.01. The molecule has 0 radical (unpaired) electrons. The van der Waals surface area contributed by atoms with Crippen LogP contribution in [-0.4, -0.2) is 82.8 Å². The summed E-state index contributed by atoms with van der Waals surface area (Å²) >= 11 is 0. The summed E-state index contributed by atoms with van der Waals surface area (Å²) in [6.07, 6.45) is 0. The topological polar surface area (TPSA) is 160 Å². The van der Waals surface area contributed by atoms with E-state index in [0.717, 1.165) is 26.2 Å². The zero-order valence-electron chi connectivity index (χ0n) is 12.6. The van der Waals surface area contributed by atoms with Crippen LogP contribution in [0.3, 0.4) is 0 Å². The Balaban J connectivity index is 1.87. The third kappa shape index (κ3) is 6.33. The van der Waals surface area contributed by atoms with Crippen LogP contribution in [0.15, 0.2) is 10.2 Å². The van der Waals surface area contributed by atoms with E-state index in [2.05, 4.69) is 29.2 Å².